The van der Waals surface area contributed by atoms with Gasteiger partial charge in [-0.1, -0.05) is 27.7 Å². The number of nitrogens with zero attached hydrogens (tertiary/aromatic N) is 1. The molecule has 86 valence electrons. The van der Waals surface area contributed by atoms with Gasteiger partial charge in [-0.3, -0.25) is 10.2 Å². The molecule has 1 heterocycles. The largest absolute Gasteiger partial charge is 0.353 e. The van der Waals surface area contributed by atoms with Crippen LogP contribution in [0.15, 0.2) is 0 Å². The molecule has 1 amide bonds. The van der Waals surface area contributed by atoms with Crippen molar-refractivity contribution < 1.29 is 4.79 Å². The summed E-state index contributed by atoms with van der Waals surface area (Å²) in [6, 6.07) is -0.162. The van der Waals surface area contributed by atoms with Crippen LogP contribution in [0.5, 0.6) is 0 Å². The Hall–Kier alpha value is -1.06. The van der Waals surface area contributed by atoms with Crippen LogP contribution in [0.25, 0.3) is 0 Å². The highest BCUT2D eigenvalue weighted by Crippen LogP contribution is 2.21. The van der Waals surface area contributed by atoms with Crippen molar-refractivity contribution in [1.82, 2.24) is 10.2 Å². The Bertz CT molecular complexity index is 267. The first kappa shape index (κ1) is 12.0. The van der Waals surface area contributed by atoms with E-state index in [0.717, 1.165) is 13.0 Å². The smallest absolute Gasteiger partial charge is 0.242 e. The summed E-state index contributed by atoms with van der Waals surface area (Å²) in [5, 5.41) is 10.9. The summed E-state index contributed by atoms with van der Waals surface area (Å²) in [5.74, 6) is 0.613. The molecule has 15 heavy (non-hydrogen) atoms. The summed E-state index contributed by atoms with van der Waals surface area (Å²) in [5.41, 5.74) is -0.189. The molecule has 0 bridgehead atoms. The Kier molecular flexibility index (Phi) is 3.37. The zero-order chi connectivity index (χ0) is 11.6. The molecule has 4 nitrogen and oxygen atoms in total. The van der Waals surface area contributed by atoms with E-state index in [0.29, 0.717) is 12.4 Å². The zero-order valence-electron chi connectivity index (χ0n) is 10.1. The minimum atomic E-state index is -0.189. The first-order chi connectivity index (χ1) is 6.88. The van der Waals surface area contributed by atoms with Crippen LogP contribution in [-0.4, -0.2) is 35.8 Å². The molecule has 1 rings (SSSR count). The fourth-order valence-electron chi connectivity index (χ4n) is 1.82. The lowest BCUT2D eigenvalue weighted by molar-refractivity contribution is -0.127. The Morgan fingerprint density at radius 2 is 2.20 bits per heavy atom. The zero-order valence-corrected chi connectivity index (χ0v) is 10.1. The highest BCUT2D eigenvalue weighted by atomic mass is 16.2. The van der Waals surface area contributed by atoms with Gasteiger partial charge in [-0.2, -0.15) is 0 Å². The number of nitrogens with one attached hydrogen (secondary N) is 2. The Morgan fingerprint density at radius 1 is 1.60 bits per heavy atom. The van der Waals surface area contributed by atoms with Crippen LogP contribution in [0.3, 0.4) is 0 Å². The van der Waals surface area contributed by atoms with Crippen LogP contribution in [0.1, 0.15) is 34.1 Å². The highest BCUT2D eigenvalue weighted by molar-refractivity contribution is 5.92. The SMILES string of the molecule is CCC1C(=O)NCCN1C(=N)C(C)(C)C. The molecule has 0 saturated carbocycles. The molecular formula is C11H21N3O. The van der Waals surface area contributed by atoms with E-state index >= 15 is 0 Å². The van der Waals surface area contributed by atoms with E-state index in [4.69, 9.17) is 5.41 Å². The molecule has 1 aliphatic heterocycles. The Balaban J connectivity index is 2.83. The Morgan fingerprint density at radius 3 is 2.67 bits per heavy atom. The summed E-state index contributed by atoms with van der Waals surface area (Å²) in [6.45, 7) is 9.41. The molecule has 0 radical (unpaired) electrons. The monoisotopic (exact) mass is 211 g/mol. The number of amidine groups is 1. The molecule has 2 N–H and O–H groups in total. The van der Waals surface area contributed by atoms with Crippen LogP contribution >= 0.6 is 0 Å². The van der Waals surface area contributed by atoms with Gasteiger partial charge in [-0.15, -0.1) is 0 Å². The highest BCUT2D eigenvalue weighted by Gasteiger charge is 2.33. The van der Waals surface area contributed by atoms with E-state index < -0.39 is 0 Å². The molecule has 1 aliphatic rings. The molecule has 1 saturated heterocycles. The van der Waals surface area contributed by atoms with Crippen LogP contribution in [-0.2, 0) is 4.79 Å². The predicted molar refractivity (Wildman–Crippen MR) is 61.0 cm³/mol. The molecule has 0 aromatic carbocycles. The van der Waals surface area contributed by atoms with Gasteiger partial charge in [-0.05, 0) is 6.42 Å². The molecule has 1 atom stereocenters. The minimum absolute atomic E-state index is 0.0535. The van der Waals surface area contributed by atoms with Crippen molar-refractivity contribution in [2.24, 2.45) is 5.41 Å². The normalized spacial score (nSPS) is 22.5. The van der Waals surface area contributed by atoms with Crippen molar-refractivity contribution >= 4 is 11.7 Å². The van der Waals surface area contributed by atoms with E-state index in [1.165, 1.54) is 0 Å². The summed E-state index contributed by atoms with van der Waals surface area (Å²) in [4.78, 5) is 13.5. The summed E-state index contributed by atoms with van der Waals surface area (Å²) in [7, 11) is 0. The average molecular weight is 211 g/mol. The number of amides is 1. The molecule has 0 aromatic rings. The van der Waals surface area contributed by atoms with Crippen LogP contribution in [0.2, 0.25) is 0 Å². The first-order valence-electron chi connectivity index (χ1n) is 5.51. The quantitative estimate of drug-likeness (QED) is 0.506. The Labute approximate surface area is 91.5 Å². The van der Waals surface area contributed by atoms with E-state index in [1.807, 2.05) is 32.6 Å². The van der Waals surface area contributed by atoms with Gasteiger partial charge in [0.2, 0.25) is 5.91 Å². The van der Waals surface area contributed by atoms with Gasteiger partial charge in [0.25, 0.3) is 0 Å². The molecule has 0 spiro atoms. The number of carbonyl (C=O) groups is 1. The van der Waals surface area contributed by atoms with Gasteiger partial charge in [0.05, 0.1) is 0 Å². The molecular weight excluding hydrogens is 190 g/mol. The predicted octanol–water partition coefficient (Wildman–Crippen LogP) is 1.22. The van der Waals surface area contributed by atoms with E-state index in [9.17, 15) is 4.79 Å². The van der Waals surface area contributed by atoms with Crippen molar-refractivity contribution in [2.75, 3.05) is 13.1 Å². The van der Waals surface area contributed by atoms with Gasteiger partial charge in [0.15, 0.2) is 0 Å². The fraction of sp³-hybridized carbons (Fsp3) is 0.818. The second kappa shape index (κ2) is 4.21. The standard InChI is InChI=1S/C11H21N3O/c1-5-8-9(15)13-6-7-14(8)10(12)11(2,3)4/h8,12H,5-7H2,1-4H3,(H,13,15). The maximum Gasteiger partial charge on any atom is 0.242 e. The van der Waals surface area contributed by atoms with E-state index in [-0.39, 0.29) is 17.4 Å². The van der Waals surface area contributed by atoms with Gasteiger partial charge < -0.3 is 10.2 Å². The third-order valence-electron chi connectivity index (χ3n) is 2.72. The first-order valence-corrected chi connectivity index (χ1v) is 5.51. The average Bonchev–Trinajstić information content (AvgIpc) is 2.14. The van der Waals surface area contributed by atoms with Crippen molar-refractivity contribution in [3.8, 4) is 0 Å². The number of hydrogen-bond donors (Lipinski definition) is 2. The van der Waals surface area contributed by atoms with Crippen molar-refractivity contribution in [1.29, 1.82) is 5.41 Å². The van der Waals surface area contributed by atoms with Gasteiger partial charge in [0.1, 0.15) is 11.9 Å². The molecule has 0 aromatic heterocycles. The number of carbonyl (C=O) groups excluding carboxylic acids is 1. The number of rotatable bonds is 1. The topological polar surface area (TPSA) is 56.2 Å². The second-order valence-electron chi connectivity index (χ2n) is 5.01. The van der Waals surface area contributed by atoms with Crippen molar-refractivity contribution in [3.05, 3.63) is 0 Å². The lowest BCUT2D eigenvalue weighted by Gasteiger charge is -2.40. The maximum atomic E-state index is 11.6. The van der Waals surface area contributed by atoms with Crippen molar-refractivity contribution in [2.45, 2.75) is 40.2 Å². The summed E-state index contributed by atoms with van der Waals surface area (Å²) < 4.78 is 0. The molecule has 1 unspecified atom stereocenters. The molecule has 1 fully saturated rings. The lowest BCUT2D eigenvalue weighted by atomic mass is 9.92. The van der Waals surface area contributed by atoms with E-state index in [2.05, 4.69) is 5.32 Å². The number of hydrogen-bond acceptors (Lipinski definition) is 2. The second-order valence-corrected chi connectivity index (χ2v) is 5.01. The third-order valence-corrected chi connectivity index (χ3v) is 2.72. The van der Waals surface area contributed by atoms with Gasteiger partial charge in [-0.25, -0.2) is 0 Å². The van der Waals surface area contributed by atoms with Gasteiger partial charge in [0, 0.05) is 18.5 Å². The number of piperazine rings is 1. The van der Waals surface area contributed by atoms with Crippen molar-refractivity contribution in [3.63, 3.8) is 0 Å². The molecule has 0 aliphatic carbocycles. The third kappa shape index (κ3) is 2.49. The maximum absolute atomic E-state index is 11.6. The fourth-order valence-corrected chi connectivity index (χ4v) is 1.82. The van der Waals surface area contributed by atoms with Gasteiger partial charge >= 0.3 is 0 Å². The van der Waals surface area contributed by atoms with E-state index in [1.54, 1.807) is 0 Å². The summed E-state index contributed by atoms with van der Waals surface area (Å²) >= 11 is 0. The van der Waals surface area contributed by atoms with Crippen LogP contribution < -0.4 is 5.32 Å². The summed E-state index contributed by atoms with van der Waals surface area (Å²) in [6.07, 6.45) is 0.754. The van der Waals surface area contributed by atoms with Crippen LogP contribution in [0, 0.1) is 10.8 Å². The van der Waals surface area contributed by atoms with Crippen LogP contribution in [0.4, 0.5) is 0 Å². The minimum Gasteiger partial charge on any atom is -0.353 e. The lowest BCUT2D eigenvalue weighted by Crippen LogP contribution is -2.58. The molecule has 4 heteroatoms.